The van der Waals surface area contributed by atoms with E-state index in [1.165, 1.54) is 0 Å². The zero-order valence-corrected chi connectivity index (χ0v) is 10.3. The molecule has 4 nitrogen and oxygen atoms in total. The van der Waals surface area contributed by atoms with Crippen LogP contribution < -0.4 is 9.78 Å². The zero-order valence-electron chi connectivity index (χ0n) is 10.3. The van der Waals surface area contributed by atoms with E-state index in [4.69, 9.17) is 9.78 Å². The van der Waals surface area contributed by atoms with Gasteiger partial charge in [-0.1, -0.05) is 36.4 Å². The van der Waals surface area contributed by atoms with Crippen LogP contribution in [0.1, 0.15) is 11.1 Å². The highest BCUT2D eigenvalue weighted by Gasteiger charge is 2.02. The Morgan fingerprint density at radius 2 is 1.00 bits per heavy atom. The molecule has 4 heteroatoms. The number of rotatable bonds is 5. The lowest BCUT2D eigenvalue weighted by Crippen LogP contribution is -2.04. The lowest BCUT2D eigenvalue weighted by atomic mass is 10.2. The van der Waals surface area contributed by atoms with E-state index in [-0.39, 0.29) is 0 Å². The predicted molar refractivity (Wildman–Crippen MR) is 65.8 cm³/mol. The molecule has 0 aliphatic carbocycles. The van der Waals surface area contributed by atoms with E-state index in [2.05, 4.69) is 10.1 Å². The maximum atomic E-state index is 4.95. The summed E-state index contributed by atoms with van der Waals surface area (Å²) in [5.41, 5.74) is 1.88. The van der Waals surface area contributed by atoms with Crippen molar-refractivity contribution in [3.8, 4) is 11.5 Å². The molecule has 0 radical (unpaired) electrons. The average molecular weight is 246 g/mol. The first kappa shape index (κ1) is 12.4. The van der Waals surface area contributed by atoms with Gasteiger partial charge in [-0.15, -0.1) is 0 Å². The third-order valence-electron chi connectivity index (χ3n) is 2.46. The summed E-state index contributed by atoms with van der Waals surface area (Å²) < 4.78 is 0. The minimum absolute atomic E-state index is 0.575. The molecule has 0 aliphatic rings. The highest BCUT2D eigenvalue weighted by molar-refractivity contribution is 5.31. The van der Waals surface area contributed by atoms with Gasteiger partial charge in [0.1, 0.15) is 0 Å². The number of hydrogen-bond acceptors (Lipinski definition) is 4. The van der Waals surface area contributed by atoms with Crippen LogP contribution in [0.25, 0.3) is 0 Å². The molecule has 0 unspecified atom stereocenters. The van der Waals surface area contributed by atoms with Crippen LogP contribution in [-0.4, -0.2) is 0 Å². The van der Waals surface area contributed by atoms with Crippen LogP contribution in [-0.2, 0) is 10.1 Å². The van der Waals surface area contributed by atoms with Crippen molar-refractivity contribution in [2.24, 2.45) is 0 Å². The normalized spacial score (nSPS) is 10.1. The molecule has 0 spiro atoms. The molecule has 0 N–H and O–H groups in total. The van der Waals surface area contributed by atoms with Crippen molar-refractivity contribution in [2.75, 3.05) is 0 Å². The Bertz CT molecular complexity index is 463. The second-order valence-electron chi connectivity index (χ2n) is 3.83. The largest absolute Gasteiger partial charge is 0.305 e. The van der Waals surface area contributed by atoms with Crippen LogP contribution in [0.5, 0.6) is 11.5 Å². The van der Waals surface area contributed by atoms with Crippen molar-refractivity contribution in [2.45, 2.75) is 13.8 Å². The molecule has 0 bridgehead atoms. The Morgan fingerprint density at radius 1 is 0.611 bits per heavy atom. The van der Waals surface area contributed by atoms with Gasteiger partial charge in [-0.2, -0.15) is 0 Å². The van der Waals surface area contributed by atoms with Crippen LogP contribution in [0.15, 0.2) is 48.5 Å². The molecular weight excluding hydrogens is 232 g/mol. The van der Waals surface area contributed by atoms with Crippen LogP contribution in [0.4, 0.5) is 0 Å². The summed E-state index contributed by atoms with van der Waals surface area (Å²) in [5.74, 6) is 1.15. The zero-order chi connectivity index (χ0) is 12.8. The van der Waals surface area contributed by atoms with Crippen LogP contribution in [0, 0.1) is 13.8 Å². The van der Waals surface area contributed by atoms with Gasteiger partial charge >= 0.3 is 0 Å². The summed E-state index contributed by atoms with van der Waals surface area (Å²) in [7, 11) is 0. The number of benzene rings is 2. The SMILES string of the molecule is Cc1ccccc1OOOOc1ccccc1C. The van der Waals surface area contributed by atoms with E-state index in [1.54, 1.807) is 12.1 Å². The summed E-state index contributed by atoms with van der Waals surface area (Å²) in [6.07, 6.45) is 0. The maximum absolute atomic E-state index is 4.95. The molecule has 0 saturated carbocycles. The second kappa shape index (κ2) is 6.05. The van der Waals surface area contributed by atoms with Crippen LogP contribution in [0.3, 0.4) is 0 Å². The second-order valence-corrected chi connectivity index (χ2v) is 3.83. The summed E-state index contributed by atoms with van der Waals surface area (Å²) in [4.78, 5) is 9.90. The Kier molecular flexibility index (Phi) is 4.17. The third kappa shape index (κ3) is 3.23. The highest BCUT2D eigenvalue weighted by atomic mass is 17.7. The molecule has 0 aliphatic heterocycles. The van der Waals surface area contributed by atoms with E-state index in [9.17, 15) is 0 Å². The van der Waals surface area contributed by atoms with Crippen LogP contribution >= 0.6 is 0 Å². The van der Waals surface area contributed by atoms with E-state index in [0.29, 0.717) is 11.5 Å². The van der Waals surface area contributed by atoms with Gasteiger partial charge in [-0.25, -0.2) is 0 Å². The van der Waals surface area contributed by atoms with E-state index in [1.807, 2.05) is 50.2 Å². The van der Waals surface area contributed by atoms with Crippen molar-refractivity contribution in [1.82, 2.24) is 0 Å². The first-order chi connectivity index (χ1) is 8.77. The summed E-state index contributed by atoms with van der Waals surface area (Å²) >= 11 is 0. The van der Waals surface area contributed by atoms with Crippen LogP contribution in [0.2, 0.25) is 0 Å². The van der Waals surface area contributed by atoms with Gasteiger partial charge < -0.3 is 9.78 Å². The molecule has 0 heterocycles. The Labute approximate surface area is 105 Å². The highest BCUT2D eigenvalue weighted by Crippen LogP contribution is 2.18. The van der Waals surface area contributed by atoms with Gasteiger partial charge in [-0.05, 0) is 37.1 Å². The minimum Gasteiger partial charge on any atom is -0.305 e. The summed E-state index contributed by atoms with van der Waals surface area (Å²) in [5, 5.41) is 9.07. The molecule has 0 atom stereocenters. The van der Waals surface area contributed by atoms with Crippen molar-refractivity contribution in [3.05, 3.63) is 59.7 Å². The minimum atomic E-state index is 0.575. The van der Waals surface area contributed by atoms with Crippen molar-refractivity contribution >= 4 is 0 Å². The number of para-hydroxylation sites is 2. The third-order valence-corrected chi connectivity index (χ3v) is 2.46. The van der Waals surface area contributed by atoms with Gasteiger partial charge in [-0.3, -0.25) is 0 Å². The van der Waals surface area contributed by atoms with Crippen molar-refractivity contribution in [3.63, 3.8) is 0 Å². The van der Waals surface area contributed by atoms with Gasteiger partial charge in [0.25, 0.3) is 0 Å². The standard InChI is InChI=1S/C14H14O4/c1-11-7-3-5-9-13(11)15-17-18-16-14-10-6-4-8-12(14)2/h3-10H,1-2H3. The van der Waals surface area contributed by atoms with E-state index >= 15 is 0 Å². The first-order valence-corrected chi connectivity index (χ1v) is 5.56. The Morgan fingerprint density at radius 3 is 1.39 bits per heavy atom. The monoisotopic (exact) mass is 246 g/mol. The lowest BCUT2D eigenvalue weighted by molar-refractivity contribution is -0.576. The molecule has 0 fully saturated rings. The van der Waals surface area contributed by atoms with Crippen molar-refractivity contribution < 1.29 is 19.9 Å². The van der Waals surface area contributed by atoms with Gasteiger partial charge in [0.2, 0.25) is 0 Å². The van der Waals surface area contributed by atoms with Gasteiger partial charge in [0.15, 0.2) is 11.5 Å². The predicted octanol–water partition coefficient (Wildman–Crippen LogP) is 3.54. The first-order valence-electron chi connectivity index (χ1n) is 5.56. The van der Waals surface area contributed by atoms with Gasteiger partial charge in [0, 0.05) is 10.1 Å². The Balaban J connectivity index is 1.80. The summed E-state index contributed by atoms with van der Waals surface area (Å²) in [6, 6.07) is 14.8. The van der Waals surface area contributed by atoms with E-state index < -0.39 is 0 Å². The molecule has 2 aromatic rings. The summed E-state index contributed by atoms with van der Waals surface area (Å²) in [6.45, 7) is 3.81. The smallest absolute Gasteiger partial charge is 0.171 e. The topological polar surface area (TPSA) is 36.9 Å². The fraction of sp³-hybridized carbons (Fsp3) is 0.143. The quantitative estimate of drug-likeness (QED) is 0.459. The Hall–Kier alpha value is -2.04. The molecular formula is C14H14O4. The molecule has 0 amide bonds. The fourth-order valence-electron chi connectivity index (χ4n) is 1.40. The molecule has 18 heavy (non-hydrogen) atoms. The van der Waals surface area contributed by atoms with Gasteiger partial charge in [0.05, 0.1) is 0 Å². The lowest BCUT2D eigenvalue weighted by Gasteiger charge is -2.06. The molecule has 2 aromatic carbocycles. The molecule has 0 saturated heterocycles. The maximum Gasteiger partial charge on any atom is 0.171 e. The fourth-order valence-corrected chi connectivity index (χ4v) is 1.40. The number of hydrogen-bond donors (Lipinski definition) is 0. The van der Waals surface area contributed by atoms with Crippen molar-refractivity contribution in [1.29, 1.82) is 0 Å². The molecule has 0 aromatic heterocycles. The molecule has 94 valence electrons. The van der Waals surface area contributed by atoms with E-state index in [0.717, 1.165) is 11.1 Å². The average Bonchev–Trinajstić information content (AvgIpc) is 2.38. The number of aryl methyl sites for hydroxylation is 2. The molecule has 2 rings (SSSR count).